The van der Waals surface area contributed by atoms with Gasteiger partial charge in [0, 0.05) is 12.1 Å². The Morgan fingerprint density at radius 3 is 2.17 bits per heavy atom. The minimum Gasteiger partial charge on any atom is -0.312 e. The van der Waals surface area contributed by atoms with Gasteiger partial charge in [0.2, 0.25) is 0 Å². The smallest absolute Gasteiger partial charge is 0.00967 e. The maximum Gasteiger partial charge on any atom is 0.00967 e. The van der Waals surface area contributed by atoms with Gasteiger partial charge in [0.1, 0.15) is 0 Å². The van der Waals surface area contributed by atoms with Crippen LogP contribution in [-0.2, 0) is 6.42 Å². The molecule has 1 atom stereocenters. The zero-order valence-corrected chi connectivity index (χ0v) is 12.3. The van der Waals surface area contributed by atoms with Crippen LogP contribution in [0.15, 0.2) is 30.3 Å². The largest absolute Gasteiger partial charge is 0.312 e. The van der Waals surface area contributed by atoms with E-state index in [9.17, 15) is 0 Å². The maximum atomic E-state index is 3.70. The highest BCUT2D eigenvalue weighted by molar-refractivity contribution is 5.17. The summed E-state index contributed by atoms with van der Waals surface area (Å²) in [5.41, 5.74) is 2.10. The summed E-state index contributed by atoms with van der Waals surface area (Å²) in [5.74, 6) is 0.910. The molecule has 1 heteroatoms. The van der Waals surface area contributed by atoms with Crippen LogP contribution < -0.4 is 5.32 Å². The zero-order chi connectivity index (χ0) is 13.2. The Morgan fingerprint density at radius 2 is 1.67 bits per heavy atom. The van der Waals surface area contributed by atoms with Gasteiger partial charge in [-0.3, -0.25) is 0 Å². The minimum atomic E-state index is 0.215. The van der Waals surface area contributed by atoms with Crippen LogP contribution in [0.25, 0.3) is 0 Å². The first-order chi connectivity index (χ1) is 8.39. The summed E-state index contributed by atoms with van der Waals surface area (Å²) >= 11 is 0. The van der Waals surface area contributed by atoms with E-state index in [-0.39, 0.29) is 5.54 Å². The van der Waals surface area contributed by atoms with Crippen molar-refractivity contribution < 1.29 is 0 Å². The van der Waals surface area contributed by atoms with Crippen molar-refractivity contribution in [3.63, 3.8) is 0 Å². The molecule has 1 aromatic rings. The van der Waals surface area contributed by atoms with E-state index in [1.807, 2.05) is 0 Å². The minimum absolute atomic E-state index is 0.215. The molecule has 1 aliphatic carbocycles. The average Bonchev–Trinajstić information content (AvgIpc) is 3.11. The lowest BCUT2D eigenvalue weighted by molar-refractivity contribution is 0.227. The second kappa shape index (κ2) is 5.05. The van der Waals surface area contributed by atoms with Crippen LogP contribution in [-0.4, -0.2) is 12.1 Å². The fraction of sp³-hybridized carbons (Fsp3) is 0.647. The predicted octanol–water partition coefficient (Wildman–Crippen LogP) is 4.03. The van der Waals surface area contributed by atoms with Crippen molar-refractivity contribution in [3.8, 4) is 0 Å². The van der Waals surface area contributed by atoms with Crippen molar-refractivity contribution >= 4 is 0 Å². The van der Waals surface area contributed by atoms with E-state index in [1.165, 1.54) is 24.8 Å². The van der Waals surface area contributed by atoms with Crippen molar-refractivity contribution in [2.24, 2.45) is 11.3 Å². The van der Waals surface area contributed by atoms with E-state index in [1.54, 1.807) is 0 Å². The third kappa shape index (κ3) is 3.84. The lowest BCUT2D eigenvalue weighted by Crippen LogP contribution is -2.44. The molecule has 1 aliphatic rings. The highest BCUT2D eigenvalue weighted by Gasteiger charge is 2.41. The van der Waals surface area contributed by atoms with Crippen LogP contribution >= 0.6 is 0 Å². The average molecular weight is 245 g/mol. The molecular formula is C17H27N. The molecule has 18 heavy (non-hydrogen) atoms. The zero-order valence-electron chi connectivity index (χ0n) is 12.3. The third-order valence-corrected chi connectivity index (χ3v) is 4.04. The van der Waals surface area contributed by atoms with Gasteiger partial charge in [-0.1, -0.05) is 37.3 Å². The van der Waals surface area contributed by atoms with Crippen molar-refractivity contribution in [2.45, 2.75) is 52.5 Å². The van der Waals surface area contributed by atoms with Gasteiger partial charge in [0.05, 0.1) is 0 Å². The third-order valence-electron chi connectivity index (χ3n) is 4.04. The van der Waals surface area contributed by atoms with Gasteiger partial charge in [-0.05, 0) is 56.9 Å². The van der Waals surface area contributed by atoms with E-state index in [2.05, 4.69) is 63.3 Å². The summed E-state index contributed by atoms with van der Waals surface area (Å²) in [6, 6.07) is 10.9. The topological polar surface area (TPSA) is 12.0 Å². The highest BCUT2D eigenvalue weighted by Crippen LogP contribution is 2.47. The van der Waals surface area contributed by atoms with Gasteiger partial charge in [0.25, 0.3) is 0 Å². The molecule has 2 rings (SSSR count). The standard InChI is InChI=1S/C17H27N/c1-16(2,3)18-13-17(4,15-10-11-15)12-14-8-6-5-7-9-14/h5-9,15,18H,10-13H2,1-4H3. The van der Waals surface area contributed by atoms with Gasteiger partial charge >= 0.3 is 0 Å². The van der Waals surface area contributed by atoms with Crippen LogP contribution in [0, 0.1) is 11.3 Å². The summed E-state index contributed by atoms with van der Waals surface area (Å²) in [6.07, 6.45) is 4.02. The fourth-order valence-corrected chi connectivity index (χ4v) is 2.66. The van der Waals surface area contributed by atoms with Crippen LogP contribution in [0.1, 0.15) is 46.1 Å². The highest BCUT2D eigenvalue weighted by atomic mass is 15.0. The van der Waals surface area contributed by atoms with Gasteiger partial charge in [-0.2, -0.15) is 0 Å². The van der Waals surface area contributed by atoms with Crippen molar-refractivity contribution in [1.82, 2.24) is 5.32 Å². The molecule has 0 spiro atoms. The molecule has 0 heterocycles. The van der Waals surface area contributed by atoms with E-state index < -0.39 is 0 Å². The first-order valence-corrected chi connectivity index (χ1v) is 7.18. The summed E-state index contributed by atoms with van der Waals surface area (Å²) in [5, 5.41) is 3.70. The first-order valence-electron chi connectivity index (χ1n) is 7.18. The molecule has 0 aromatic heterocycles. The molecule has 0 aliphatic heterocycles. The SMILES string of the molecule is CC(C)(C)NCC(C)(Cc1ccccc1)C1CC1. The number of nitrogens with one attached hydrogen (secondary N) is 1. The molecule has 1 unspecified atom stereocenters. The first kappa shape index (κ1) is 13.6. The molecule has 1 saturated carbocycles. The lowest BCUT2D eigenvalue weighted by Gasteiger charge is -2.34. The Kier molecular flexibility index (Phi) is 3.82. The predicted molar refractivity (Wildman–Crippen MR) is 78.7 cm³/mol. The second-order valence-electron chi connectivity index (χ2n) is 7.19. The lowest BCUT2D eigenvalue weighted by atomic mass is 9.78. The molecule has 0 saturated heterocycles. The molecule has 1 N–H and O–H groups in total. The molecule has 1 aromatic carbocycles. The summed E-state index contributed by atoms with van der Waals surface area (Å²) in [4.78, 5) is 0. The monoisotopic (exact) mass is 245 g/mol. The summed E-state index contributed by atoms with van der Waals surface area (Å²) in [7, 11) is 0. The van der Waals surface area contributed by atoms with Crippen molar-refractivity contribution in [2.75, 3.05) is 6.54 Å². The van der Waals surface area contributed by atoms with Gasteiger partial charge in [-0.15, -0.1) is 0 Å². The second-order valence-corrected chi connectivity index (χ2v) is 7.19. The quantitative estimate of drug-likeness (QED) is 0.825. The molecule has 1 nitrogen and oxygen atoms in total. The Balaban J connectivity index is 2.03. The number of hydrogen-bond acceptors (Lipinski definition) is 1. The van der Waals surface area contributed by atoms with E-state index in [0.29, 0.717) is 5.41 Å². The fourth-order valence-electron chi connectivity index (χ4n) is 2.66. The van der Waals surface area contributed by atoms with Gasteiger partial charge in [0.15, 0.2) is 0 Å². The van der Waals surface area contributed by atoms with Crippen LogP contribution in [0.2, 0.25) is 0 Å². The van der Waals surface area contributed by atoms with Crippen molar-refractivity contribution in [1.29, 1.82) is 0 Å². The Hall–Kier alpha value is -0.820. The molecular weight excluding hydrogens is 218 g/mol. The van der Waals surface area contributed by atoms with E-state index in [4.69, 9.17) is 0 Å². The van der Waals surface area contributed by atoms with Gasteiger partial charge < -0.3 is 5.32 Å². The van der Waals surface area contributed by atoms with Crippen LogP contribution in [0.5, 0.6) is 0 Å². The van der Waals surface area contributed by atoms with Crippen LogP contribution in [0.3, 0.4) is 0 Å². The Morgan fingerprint density at radius 1 is 1.06 bits per heavy atom. The van der Waals surface area contributed by atoms with E-state index >= 15 is 0 Å². The van der Waals surface area contributed by atoms with Gasteiger partial charge in [-0.25, -0.2) is 0 Å². The summed E-state index contributed by atoms with van der Waals surface area (Å²) in [6.45, 7) is 10.3. The van der Waals surface area contributed by atoms with E-state index in [0.717, 1.165) is 12.5 Å². The molecule has 0 radical (unpaired) electrons. The maximum absolute atomic E-state index is 3.70. The Bertz CT molecular complexity index is 372. The number of rotatable bonds is 5. The molecule has 0 bridgehead atoms. The number of benzene rings is 1. The molecule has 0 amide bonds. The van der Waals surface area contributed by atoms with Crippen molar-refractivity contribution in [3.05, 3.63) is 35.9 Å². The summed E-state index contributed by atoms with van der Waals surface area (Å²) < 4.78 is 0. The number of hydrogen-bond donors (Lipinski definition) is 1. The van der Waals surface area contributed by atoms with Crippen LogP contribution in [0.4, 0.5) is 0 Å². The Labute approximate surface area is 112 Å². The molecule has 1 fully saturated rings. The normalized spacial score (nSPS) is 19.6. The molecule has 100 valence electrons.